The lowest BCUT2D eigenvalue weighted by Gasteiger charge is -2.27. The maximum absolute atomic E-state index is 5.18. The normalized spacial score (nSPS) is 24.6. The Morgan fingerprint density at radius 2 is 2.21 bits per heavy atom. The van der Waals surface area contributed by atoms with Gasteiger partial charge in [0.05, 0.1) is 18.5 Å². The molecule has 1 unspecified atom stereocenters. The summed E-state index contributed by atoms with van der Waals surface area (Å²) >= 11 is 2.10. The van der Waals surface area contributed by atoms with E-state index in [1.54, 1.807) is 0 Å². The summed E-state index contributed by atoms with van der Waals surface area (Å²) in [4.78, 5) is 0. The van der Waals surface area contributed by atoms with Crippen LogP contribution >= 0.6 is 11.8 Å². The minimum atomic E-state index is 0.778. The zero-order chi connectivity index (χ0) is 9.80. The van der Waals surface area contributed by atoms with Crippen LogP contribution in [-0.2, 0) is 4.74 Å². The molecule has 0 amide bonds. The van der Waals surface area contributed by atoms with Gasteiger partial charge in [-0.25, -0.2) is 0 Å². The van der Waals surface area contributed by atoms with Crippen LogP contribution in [0, 0.1) is 5.92 Å². The predicted molar refractivity (Wildman–Crippen MR) is 61.9 cm³/mol. The Morgan fingerprint density at radius 1 is 1.43 bits per heavy atom. The van der Waals surface area contributed by atoms with Crippen molar-refractivity contribution in [2.75, 3.05) is 25.5 Å². The smallest absolute Gasteiger partial charge is 0.0607 e. The molecular formula is C11H21NOS. The van der Waals surface area contributed by atoms with Crippen LogP contribution in [0.25, 0.3) is 0 Å². The summed E-state index contributed by atoms with van der Waals surface area (Å²) < 4.78 is 5.18. The Bertz CT molecular complexity index is 169. The molecule has 1 atom stereocenters. The van der Waals surface area contributed by atoms with Gasteiger partial charge in [-0.05, 0) is 31.7 Å². The molecule has 1 aliphatic heterocycles. The minimum absolute atomic E-state index is 0.778. The van der Waals surface area contributed by atoms with Gasteiger partial charge in [0, 0.05) is 11.8 Å². The molecule has 14 heavy (non-hydrogen) atoms. The van der Waals surface area contributed by atoms with Crippen molar-refractivity contribution in [1.82, 2.24) is 5.32 Å². The average Bonchev–Trinajstić information content (AvgIpc) is 2.91. The molecule has 82 valence electrons. The van der Waals surface area contributed by atoms with Gasteiger partial charge in [-0.2, -0.15) is 11.8 Å². The lowest BCUT2D eigenvalue weighted by molar-refractivity contribution is 0.0454. The fraction of sp³-hybridized carbons (Fsp3) is 1.00. The highest BCUT2D eigenvalue weighted by atomic mass is 32.2. The maximum atomic E-state index is 5.18. The molecule has 0 bridgehead atoms. The summed E-state index contributed by atoms with van der Waals surface area (Å²) in [6, 6.07) is 0.778. The molecule has 2 nitrogen and oxygen atoms in total. The average molecular weight is 215 g/mol. The quantitative estimate of drug-likeness (QED) is 0.701. The molecule has 1 aliphatic carbocycles. The van der Waals surface area contributed by atoms with Gasteiger partial charge in [-0.1, -0.05) is 6.92 Å². The van der Waals surface area contributed by atoms with Gasteiger partial charge < -0.3 is 10.1 Å². The lowest BCUT2D eigenvalue weighted by Crippen LogP contribution is -2.37. The number of nitrogens with one attached hydrogen (secondary N) is 1. The lowest BCUT2D eigenvalue weighted by atomic mass is 10.2. The highest BCUT2D eigenvalue weighted by Gasteiger charge is 2.31. The third-order valence-corrected chi connectivity index (χ3v) is 4.26. The van der Waals surface area contributed by atoms with Crippen LogP contribution in [0.5, 0.6) is 0 Å². The second kappa shape index (κ2) is 5.38. The number of thioether (sulfide) groups is 1. The van der Waals surface area contributed by atoms with E-state index in [-0.39, 0.29) is 0 Å². The molecule has 1 saturated carbocycles. The van der Waals surface area contributed by atoms with Crippen LogP contribution in [0.1, 0.15) is 26.2 Å². The Labute approximate surface area is 91.2 Å². The second-order valence-electron chi connectivity index (χ2n) is 4.39. The molecule has 1 saturated heterocycles. The van der Waals surface area contributed by atoms with Crippen molar-refractivity contribution >= 4 is 11.8 Å². The minimum Gasteiger partial charge on any atom is -0.379 e. The molecule has 2 aliphatic rings. The van der Waals surface area contributed by atoms with Crippen molar-refractivity contribution in [3.8, 4) is 0 Å². The van der Waals surface area contributed by atoms with Crippen LogP contribution in [-0.4, -0.2) is 36.8 Å². The standard InChI is InChI=1S/C11H21NOS/c1-2-5-12-11(9-3-4-9)8-14-10-6-13-7-10/h9-12H,2-8H2,1H3. The van der Waals surface area contributed by atoms with E-state index in [0.717, 1.165) is 30.4 Å². The van der Waals surface area contributed by atoms with Gasteiger partial charge in [0.15, 0.2) is 0 Å². The molecule has 1 N–H and O–H groups in total. The van der Waals surface area contributed by atoms with Crippen molar-refractivity contribution in [1.29, 1.82) is 0 Å². The summed E-state index contributed by atoms with van der Waals surface area (Å²) in [5.41, 5.74) is 0. The molecule has 0 aromatic carbocycles. The molecule has 2 rings (SSSR count). The molecule has 3 heteroatoms. The summed E-state index contributed by atoms with van der Waals surface area (Å²) in [5.74, 6) is 2.27. The van der Waals surface area contributed by atoms with E-state index in [4.69, 9.17) is 4.74 Å². The van der Waals surface area contributed by atoms with E-state index in [0.29, 0.717) is 0 Å². The number of hydrogen-bond acceptors (Lipinski definition) is 3. The van der Waals surface area contributed by atoms with E-state index in [1.165, 1.54) is 31.6 Å². The van der Waals surface area contributed by atoms with E-state index < -0.39 is 0 Å². The highest BCUT2D eigenvalue weighted by molar-refractivity contribution is 8.00. The number of ether oxygens (including phenoxy) is 1. The van der Waals surface area contributed by atoms with Crippen LogP contribution in [0.15, 0.2) is 0 Å². The van der Waals surface area contributed by atoms with Crippen molar-refractivity contribution in [3.05, 3.63) is 0 Å². The van der Waals surface area contributed by atoms with E-state index in [2.05, 4.69) is 24.0 Å². The molecule has 0 aromatic heterocycles. The SMILES string of the molecule is CCCNC(CSC1COC1)C1CC1. The maximum Gasteiger partial charge on any atom is 0.0607 e. The Balaban J connectivity index is 1.61. The van der Waals surface area contributed by atoms with Gasteiger partial charge in [-0.3, -0.25) is 0 Å². The van der Waals surface area contributed by atoms with Gasteiger partial charge in [0.25, 0.3) is 0 Å². The Kier molecular flexibility index (Phi) is 4.14. The van der Waals surface area contributed by atoms with Crippen molar-refractivity contribution in [3.63, 3.8) is 0 Å². The first-order valence-corrected chi connectivity index (χ1v) is 6.87. The van der Waals surface area contributed by atoms with Crippen LogP contribution in [0.2, 0.25) is 0 Å². The topological polar surface area (TPSA) is 21.3 Å². The van der Waals surface area contributed by atoms with Gasteiger partial charge in [0.2, 0.25) is 0 Å². The van der Waals surface area contributed by atoms with Crippen LogP contribution in [0.4, 0.5) is 0 Å². The first-order chi connectivity index (χ1) is 6.90. The Hall–Kier alpha value is 0.270. The van der Waals surface area contributed by atoms with Crippen molar-refractivity contribution in [2.24, 2.45) is 5.92 Å². The first kappa shape index (κ1) is 10.8. The summed E-state index contributed by atoms with van der Waals surface area (Å²) in [5, 5.41) is 4.46. The summed E-state index contributed by atoms with van der Waals surface area (Å²) in [7, 11) is 0. The van der Waals surface area contributed by atoms with E-state index >= 15 is 0 Å². The fourth-order valence-corrected chi connectivity index (χ4v) is 2.99. The third-order valence-electron chi connectivity index (χ3n) is 2.97. The monoisotopic (exact) mass is 215 g/mol. The molecule has 0 spiro atoms. The molecule has 1 heterocycles. The largest absolute Gasteiger partial charge is 0.379 e. The summed E-state index contributed by atoms with van der Waals surface area (Å²) in [6.07, 6.45) is 4.15. The second-order valence-corrected chi connectivity index (χ2v) is 5.72. The molecule has 2 fully saturated rings. The fourth-order valence-electron chi connectivity index (χ4n) is 1.74. The van der Waals surface area contributed by atoms with Crippen molar-refractivity contribution in [2.45, 2.75) is 37.5 Å². The zero-order valence-corrected chi connectivity index (χ0v) is 9.81. The first-order valence-electron chi connectivity index (χ1n) is 5.83. The molecule has 0 aromatic rings. The summed E-state index contributed by atoms with van der Waals surface area (Å²) in [6.45, 7) is 5.39. The molecular weight excluding hydrogens is 194 g/mol. The number of rotatable bonds is 7. The third kappa shape index (κ3) is 3.14. The highest BCUT2D eigenvalue weighted by Crippen LogP contribution is 2.35. The number of hydrogen-bond donors (Lipinski definition) is 1. The molecule has 0 radical (unpaired) electrons. The van der Waals surface area contributed by atoms with Gasteiger partial charge in [0.1, 0.15) is 0 Å². The Morgan fingerprint density at radius 3 is 2.71 bits per heavy atom. The predicted octanol–water partition coefficient (Wildman–Crippen LogP) is 1.90. The van der Waals surface area contributed by atoms with Crippen LogP contribution in [0.3, 0.4) is 0 Å². The van der Waals surface area contributed by atoms with E-state index in [9.17, 15) is 0 Å². The van der Waals surface area contributed by atoms with Crippen molar-refractivity contribution < 1.29 is 4.74 Å². The van der Waals surface area contributed by atoms with Crippen LogP contribution < -0.4 is 5.32 Å². The van der Waals surface area contributed by atoms with E-state index in [1.807, 2.05) is 0 Å². The zero-order valence-electron chi connectivity index (χ0n) is 9.00. The van der Waals surface area contributed by atoms with Gasteiger partial charge >= 0.3 is 0 Å². The van der Waals surface area contributed by atoms with Gasteiger partial charge in [-0.15, -0.1) is 0 Å².